The summed E-state index contributed by atoms with van der Waals surface area (Å²) in [6.07, 6.45) is 0. The molecule has 12 heteroatoms. The van der Waals surface area contributed by atoms with Gasteiger partial charge < -0.3 is 5.32 Å². The molecule has 2 N–H and O–H groups in total. The second-order valence-electron chi connectivity index (χ2n) is 6.83. The Labute approximate surface area is 194 Å². The minimum Gasteiger partial charge on any atom is -0.325 e. The van der Waals surface area contributed by atoms with E-state index >= 15 is 0 Å². The molecule has 0 spiro atoms. The van der Waals surface area contributed by atoms with Crippen molar-refractivity contribution in [2.24, 2.45) is 0 Å². The van der Waals surface area contributed by atoms with E-state index in [0.717, 1.165) is 28.2 Å². The number of pyridine rings is 1. The lowest BCUT2D eigenvalue weighted by Crippen LogP contribution is -2.15. The summed E-state index contributed by atoms with van der Waals surface area (Å²) >= 11 is 2.32. The molecule has 0 unspecified atom stereocenters. The lowest BCUT2D eigenvalue weighted by atomic mass is 10.1. The number of aromatic nitrogens is 3. The summed E-state index contributed by atoms with van der Waals surface area (Å²) in [7, 11) is -3.81. The maximum absolute atomic E-state index is 12.4. The van der Waals surface area contributed by atoms with E-state index in [-0.39, 0.29) is 21.7 Å². The van der Waals surface area contributed by atoms with Gasteiger partial charge >= 0.3 is 0 Å². The number of rotatable bonds is 7. The summed E-state index contributed by atoms with van der Waals surface area (Å²) < 4.78 is 27.3. The number of anilines is 2. The number of hydrogen-bond donors (Lipinski definition) is 2. The van der Waals surface area contributed by atoms with E-state index in [0.29, 0.717) is 21.3 Å². The third-order valence-corrected chi connectivity index (χ3v) is 7.82. The Hall–Kier alpha value is -3.01. The van der Waals surface area contributed by atoms with E-state index in [1.165, 1.54) is 36.0 Å². The molecule has 0 aliphatic rings. The Morgan fingerprint density at radius 1 is 1.12 bits per heavy atom. The first-order chi connectivity index (χ1) is 15.1. The van der Waals surface area contributed by atoms with Crippen LogP contribution in [0.3, 0.4) is 0 Å². The van der Waals surface area contributed by atoms with Crippen LogP contribution in [0, 0.1) is 39.0 Å². The number of carbonyl (C=O) groups is 1. The third kappa shape index (κ3) is 5.42. The number of carbonyl (C=O) groups excluding carboxylic acids is 1. The number of hydrogen-bond acceptors (Lipinski definition) is 9. The summed E-state index contributed by atoms with van der Waals surface area (Å²) in [6, 6.07) is 7.94. The van der Waals surface area contributed by atoms with Crippen LogP contribution in [0.1, 0.15) is 27.4 Å². The molecule has 2 heterocycles. The van der Waals surface area contributed by atoms with Crippen LogP contribution in [0.4, 0.5) is 10.8 Å². The summed E-state index contributed by atoms with van der Waals surface area (Å²) in [5.41, 5.74) is 3.56. The number of aryl methyl sites for hydroxylation is 2. The van der Waals surface area contributed by atoms with E-state index in [2.05, 4.69) is 31.3 Å². The van der Waals surface area contributed by atoms with Gasteiger partial charge in [-0.15, -0.1) is 10.2 Å². The van der Waals surface area contributed by atoms with Gasteiger partial charge in [0, 0.05) is 11.4 Å². The monoisotopic (exact) mass is 488 g/mol. The highest BCUT2D eigenvalue weighted by atomic mass is 32.2. The van der Waals surface area contributed by atoms with Crippen LogP contribution < -0.4 is 10.0 Å². The second-order valence-corrected chi connectivity index (χ2v) is 10.7. The zero-order valence-corrected chi connectivity index (χ0v) is 20.2. The minimum atomic E-state index is -3.81. The third-order valence-electron chi connectivity index (χ3n) is 4.61. The van der Waals surface area contributed by atoms with Crippen molar-refractivity contribution in [2.75, 3.05) is 15.8 Å². The molecule has 1 aromatic carbocycles. The first kappa shape index (κ1) is 23.6. The average Bonchev–Trinajstić information content (AvgIpc) is 3.14. The number of nitrogens with one attached hydrogen (secondary N) is 2. The number of nitriles is 1. The smallest absolute Gasteiger partial charge is 0.263 e. The first-order valence-corrected chi connectivity index (χ1v) is 12.6. The van der Waals surface area contributed by atoms with Crippen LogP contribution in [-0.4, -0.2) is 35.3 Å². The molecule has 0 saturated heterocycles. The summed E-state index contributed by atoms with van der Waals surface area (Å²) in [5.74, 6) is -0.239. The van der Waals surface area contributed by atoms with Crippen molar-refractivity contribution in [3.63, 3.8) is 0 Å². The summed E-state index contributed by atoms with van der Waals surface area (Å²) in [6.45, 7) is 7.37. The SMILES string of the molecule is Cc1nnc(NS(=O)(=O)c2ccc(NC(=O)CSc3nc(C)c(C)c(C)c3C#N)cc2)s1. The normalized spacial score (nSPS) is 11.1. The van der Waals surface area contributed by atoms with E-state index in [4.69, 9.17) is 0 Å². The molecule has 0 radical (unpaired) electrons. The molecule has 3 aromatic rings. The lowest BCUT2D eigenvalue weighted by Gasteiger charge is -2.11. The number of sulfonamides is 1. The molecule has 3 rings (SSSR count). The van der Waals surface area contributed by atoms with Crippen molar-refractivity contribution < 1.29 is 13.2 Å². The molecule has 2 aromatic heterocycles. The highest BCUT2D eigenvalue weighted by Gasteiger charge is 2.17. The Kier molecular flexibility index (Phi) is 7.12. The minimum absolute atomic E-state index is 0.0335. The summed E-state index contributed by atoms with van der Waals surface area (Å²) in [4.78, 5) is 16.8. The van der Waals surface area contributed by atoms with Crippen molar-refractivity contribution in [3.8, 4) is 6.07 Å². The van der Waals surface area contributed by atoms with Gasteiger partial charge in [-0.25, -0.2) is 13.4 Å². The van der Waals surface area contributed by atoms with Gasteiger partial charge in [0.15, 0.2) is 0 Å². The highest BCUT2D eigenvalue weighted by Crippen LogP contribution is 2.26. The van der Waals surface area contributed by atoms with E-state index in [1.54, 1.807) is 6.92 Å². The molecule has 0 aliphatic heterocycles. The van der Waals surface area contributed by atoms with Gasteiger partial charge in [-0.05, 0) is 63.1 Å². The highest BCUT2D eigenvalue weighted by molar-refractivity contribution is 8.00. The van der Waals surface area contributed by atoms with Crippen molar-refractivity contribution in [1.29, 1.82) is 5.26 Å². The van der Waals surface area contributed by atoms with Crippen LogP contribution in [0.15, 0.2) is 34.2 Å². The van der Waals surface area contributed by atoms with Gasteiger partial charge in [0.1, 0.15) is 16.1 Å². The van der Waals surface area contributed by atoms with Gasteiger partial charge in [0.2, 0.25) is 11.0 Å². The lowest BCUT2D eigenvalue weighted by molar-refractivity contribution is -0.113. The maximum Gasteiger partial charge on any atom is 0.263 e. The molecule has 1 amide bonds. The quantitative estimate of drug-likeness (QED) is 0.481. The predicted octanol–water partition coefficient (Wildman–Crippen LogP) is 3.57. The largest absolute Gasteiger partial charge is 0.325 e. The molecule has 0 atom stereocenters. The molecule has 9 nitrogen and oxygen atoms in total. The van der Waals surface area contributed by atoms with Crippen molar-refractivity contribution in [3.05, 3.63) is 51.7 Å². The Bertz CT molecular complexity index is 1310. The van der Waals surface area contributed by atoms with Gasteiger partial charge in [-0.1, -0.05) is 23.1 Å². The number of benzene rings is 1. The number of thioether (sulfide) groups is 1. The van der Waals surface area contributed by atoms with Crippen LogP contribution in [0.2, 0.25) is 0 Å². The topological polar surface area (TPSA) is 138 Å². The molecule has 32 heavy (non-hydrogen) atoms. The standard InChI is InChI=1S/C20H20N6O3S3/c1-11-12(2)17(9-21)19(22-13(11)3)30-10-18(27)23-15-5-7-16(8-6-15)32(28,29)26-20-25-24-14(4)31-20/h5-8H,10H2,1-4H3,(H,23,27)(H,25,26). The first-order valence-electron chi connectivity index (χ1n) is 9.34. The zero-order chi connectivity index (χ0) is 23.5. The Balaban J connectivity index is 1.64. The molecular weight excluding hydrogens is 468 g/mol. The molecule has 0 bridgehead atoms. The molecule has 0 fully saturated rings. The molecule has 0 saturated carbocycles. The van der Waals surface area contributed by atoms with Crippen LogP contribution in [0.5, 0.6) is 0 Å². The Morgan fingerprint density at radius 2 is 1.81 bits per heavy atom. The van der Waals surface area contributed by atoms with E-state index in [9.17, 15) is 18.5 Å². The number of nitrogens with zero attached hydrogens (tertiary/aromatic N) is 4. The fraction of sp³-hybridized carbons (Fsp3) is 0.250. The van der Waals surface area contributed by atoms with Crippen molar-refractivity contribution in [1.82, 2.24) is 15.2 Å². The van der Waals surface area contributed by atoms with Gasteiger partial charge in [0.05, 0.1) is 16.2 Å². The molecule has 0 aliphatic carbocycles. The van der Waals surface area contributed by atoms with E-state index in [1.807, 2.05) is 20.8 Å². The number of amides is 1. The summed E-state index contributed by atoms with van der Waals surface area (Å²) in [5, 5.41) is 21.0. The fourth-order valence-electron chi connectivity index (χ4n) is 2.71. The van der Waals surface area contributed by atoms with Crippen LogP contribution >= 0.6 is 23.1 Å². The second kappa shape index (κ2) is 9.64. The Morgan fingerprint density at radius 3 is 2.41 bits per heavy atom. The molecule has 166 valence electrons. The molecular formula is C20H20N6O3S3. The van der Waals surface area contributed by atoms with Gasteiger partial charge in [0.25, 0.3) is 10.0 Å². The fourth-order valence-corrected chi connectivity index (χ4v) is 5.41. The van der Waals surface area contributed by atoms with Crippen LogP contribution in [0.25, 0.3) is 0 Å². The van der Waals surface area contributed by atoms with E-state index < -0.39 is 10.0 Å². The zero-order valence-electron chi connectivity index (χ0n) is 17.8. The average molecular weight is 489 g/mol. The van der Waals surface area contributed by atoms with Crippen molar-refractivity contribution >= 4 is 49.8 Å². The van der Waals surface area contributed by atoms with Gasteiger partial charge in [-0.3, -0.25) is 9.52 Å². The van der Waals surface area contributed by atoms with Gasteiger partial charge in [-0.2, -0.15) is 5.26 Å². The van der Waals surface area contributed by atoms with Crippen molar-refractivity contribution in [2.45, 2.75) is 37.6 Å². The van der Waals surface area contributed by atoms with Crippen LogP contribution in [-0.2, 0) is 14.8 Å². The maximum atomic E-state index is 12.4. The predicted molar refractivity (Wildman–Crippen MR) is 124 cm³/mol.